The lowest BCUT2D eigenvalue weighted by molar-refractivity contribution is -0.131. The highest BCUT2D eigenvalue weighted by molar-refractivity contribution is 7.14. The number of carbonyl (C=O) groups excluding carboxylic acids is 2. The summed E-state index contributed by atoms with van der Waals surface area (Å²) in [6.45, 7) is 1.72. The van der Waals surface area contributed by atoms with Gasteiger partial charge in [-0.15, -0.1) is 22.9 Å². The summed E-state index contributed by atoms with van der Waals surface area (Å²) in [7, 11) is 0. The third-order valence-corrected chi connectivity index (χ3v) is 6.39. The molecule has 150 valence electrons. The predicted octanol–water partition coefficient (Wildman–Crippen LogP) is 3.79. The van der Waals surface area contributed by atoms with E-state index in [1.807, 2.05) is 24.3 Å². The molecule has 0 saturated heterocycles. The minimum absolute atomic E-state index is 0.0743. The number of aliphatic hydroxyl groups excluding tert-OH is 1. The molecule has 1 aromatic heterocycles. The van der Waals surface area contributed by atoms with Crippen LogP contribution in [0.15, 0.2) is 42.5 Å². The zero-order valence-corrected chi connectivity index (χ0v) is 17.0. The van der Waals surface area contributed by atoms with Gasteiger partial charge in [0.25, 0.3) is 5.91 Å². The van der Waals surface area contributed by atoms with Crippen molar-refractivity contribution in [2.24, 2.45) is 0 Å². The molecular formula is C21H18ClNO5S. The number of hydrogen-bond donors (Lipinski definition) is 2. The Morgan fingerprint density at radius 2 is 1.97 bits per heavy atom. The Labute approximate surface area is 175 Å². The van der Waals surface area contributed by atoms with Crippen molar-refractivity contribution >= 4 is 51.3 Å². The van der Waals surface area contributed by atoms with Gasteiger partial charge >= 0.3 is 5.97 Å². The van der Waals surface area contributed by atoms with Crippen LogP contribution < -0.4 is 9.64 Å². The summed E-state index contributed by atoms with van der Waals surface area (Å²) in [5, 5.41) is 20.3. The first kappa shape index (κ1) is 19.8. The molecule has 1 aliphatic heterocycles. The van der Waals surface area contributed by atoms with Gasteiger partial charge in [0, 0.05) is 36.7 Å². The Balaban J connectivity index is 1.85. The van der Waals surface area contributed by atoms with Crippen LogP contribution in [0.4, 0.5) is 5.69 Å². The summed E-state index contributed by atoms with van der Waals surface area (Å²) < 4.78 is 5.42. The second-order valence-corrected chi connectivity index (χ2v) is 8.21. The number of esters is 1. The molecule has 0 fully saturated rings. The quantitative estimate of drug-likeness (QED) is 0.284. The number of aliphatic hydroxyl groups is 2. The van der Waals surface area contributed by atoms with E-state index >= 15 is 0 Å². The molecule has 0 bridgehead atoms. The Kier molecular flexibility index (Phi) is 5.31. The van der Waals surface area contributed by atoms with Crippen molar-refractivity contribution in [3.8, 4) is 5.75 Å². The van der Waals surface area contributed by atoms with Gasteiger partial charge in [0.1, 0.15) is 5.75 Å². The van der Waals surface area contributed by atoms with Crippen molar-refractivity contribution in [1.29, 1.82) is 0 Å². The Morgan fingerprint density at radius 3 is 2.59 bits per heavy atom. The van der Waals surface area contributed by atoms with Gasteiger partial charge in [-0.1, -0.05) is 24.3 Å². The molecule has 4 rings (SSSR count). The third kappa shape index (κ3) is 3.51. The zero-order chi connectivity index (χ0) is 20.7. The summed E-state index contributed by atoms with van der Waals surface area (Å²) in [6.07, 6.45) is -1.62. The van der Waals surface area contributed by atoms with Crippen molar-refractivity contribution in [2.45, 2.75) is 19.1 Å². The number of benzene rings is 2. The summed E-state index contributed by atoms with van der Waals surface area (Å²) in [4.78, 5) is 27.1. The van der Waals surface area contributed by atoms with Crippen LogP contribution in [0.3, 0.4) is 0 Å². The molecular weight excluding hydrogens is 414 g/mol. The normalized spacial score (nSPS) is 15.8. The highest BCUT2D eigenvalue weighted by Crippen LogP contribution is 2.46. The molecule has 2 N–H and O–H groups in total. The molecule has 6 nitrogen and oxygen atoms in total. The van der Waals surface area contributed by atoms with Crippen LogP contribution in [0, 0.1) is 0 Å². The summed E-state index contributed by atoms with van der Waals surface area (Å²) in [5.41, 5.74) is 1.59. The van der Waals surface area contributed by atoms with Gasteiger partial charge in [0.15, 0.2) is 6.29 Å². The molecule has 0 spiro atoms. The van der Waals surface area contributed by atoms with E-state index in [4.69, 9.17) is 16.3 Å². The minimum atomic E-state index is -1.62. The molecule has 2 heterocycles. The molecule has 0 radical (unpaired) electrons. The van der Waals surface area contributed by atoms with Gasteiger partial charge in [-0.3, -0.25) is 9.59 Å². The summed E-state index contributed by atoms with van der Waals surface area (Å²) in [6, 6.07) is 12.4. The number of carbonyl (C=O) groups is 2. The Hall–Kier alpha value is -2.45. The molecule has 0 unspecified atom stereocenters. The van der Waals surface area contributed by atoms with E-state index in [-0.39, 0.29) is 11.8 Å². The molecule has 1 atom stereocenters. The number of anilines is 1. The van der Waals surface area contributed by atoms with Gasteiger partial charge in [-0.05, 0) is 23.1 Å². The fourth-order valence-electron chi connectivity index (χ4n) is 3.71. The Bertz CT molecular complexity index is 1110. The van der Waals surface area contributed by atoms with E-state index in [0.29, 0.717) is 33.6 Å². The number of ether oxygens (including phenoxy) is 1. The molecule has 3 aromatic rings. The van der Waals surface area contributed by atoms with Crippen molar-refractivity contribution < 1.29 is 24.5 Å². The third-order valence-electron chi connectivity index (χ3n) is 4.91. The zero-order valence-electron chi connectivity index (χ0n) is 15.5. The number of fused-ring (bicyclic) bond motifs is 3. The average molecular weight is 432 g/mol. The van der Waals surface area contributed by atoms with Crippen LogP contribution in [0.1, 0.15) is 39.2 Å². The van der Waals surface area contributed by atoms with Crippen LogP contribution in [0.25, 0.3) is 10.8 Å². The fraction of sp³-hybridized carbons (Fsp3) is 0.238. The van der Waals surface area contributed by atoms with Crippen molar-refractivity contribution in [2.75, 3.05) is 17.3 Å². The predicted molar refractivity (Wildman–Crippen MR) is 112 cm³/mol. The van der Waals surface area contributed by atoms with E-state index in [1.54, 1.807) is 17.0 Å². The molecule has 29 heavy (non-hydrogen) atoms. The summed E-state index contributed by atoms with van der Waals surface area (Å²) >= 11 is 7.26. The minimum Gasteiger partial charge on any atom is -0.426 e. The highest BCUT2D eigenvalue weighted by Gasteiger charge is 2.35. The van der Waals surface area contributed by atoms with Crippen LogP contribution >= 0.6 is 22.9 Å². The van der Waals surface area contributed by atoms with Crippen LogP contribution in [-0.4, -0.2) is 34.5 Å². The maximum absolute atomic E-state index is 13.2. The van der Waals surface area contributed by atoms with E-state index in [2.05, 4.69) is 0 Å². The lowest BCUT2D eigenvalue weighted by Crippen LogP contribution is -2.29. The summed E-state index contributed by atoms with van der Waals surface area (Å²) in [5.74, 6) is -0.0644. The lowest BCUT2D eigenvalue weighted by atomic mass is 9.95. The smallest absolute Gasteiger partial charge is 0.308 e. The average Bonchev–Trinajstić information content (AvgIpc) is 3.32. The maximum atomic E-state index is 13.2. The number of alkyl halides is 1. The first-order valence-corrected chi connectivity index (χ1v) is 10.3. The fourth-order valence-corrected chi connectivity index (χ4v) is 4.79. The Morgan fingerprint density at radius 1 is 1.24 bits per heavy atom. The van der Waals surface area contributed by atoms with Gasteiger partial charge in [-0.25, -0.2) is 0 Å². The monoisotopic (exact) mass is 431 g/mol. The number of nitrogens with zero attached hydrogens (tertiary/aromatic N) is 1. The van der Waals surface area contributed by atoms with Crippen LogP contribution in [-0.2, 0) is 4.79 Å². The van der Waals surface area contributed by atoms with Gasteiger partial charge < -0.3 is 19.8 Å². The van der Waals surface area contributed by atoms with E-state index in [1.165, 1.54) is 13.0 Å². The first-order chi connectivity index (χ1) is 13.9. The largest absolute Gasteiger partial charge is 0.426 e. The van der Waals surface area contributed by atoms with Crippen molar-refractivity contribution in [3.05, 3.63) is 57.8 Å². The molecule has 2 aromatic carbocycles. The van der Waals surface area contributed by atoms with Crippen LogP contribution in [0.2, 0.25) is 0 Å². The van der Waals surface area contributed by atoms with Gasteiger partial charge in [-0.2, -0.15) is 0 Å². The number of thiophene rings is 1. The number of amides is 1. The number of halogens is 1. The number of hydrogen-bond acceptors (Lipinski definition) is 6. The second kappa shape index (κ2) is 7.76. The molecule has 0 aliphatic carbocycles. The molecule has 0 saturated carbocycles. The topological polar surface area (TPSA) is 87.1 Å². The van der Waals surface area contributed by atoms with Gasteiger partial charge in [0.2, 0.25) is 0 Å². The van der Waals surface area contributed by atoms with Crippen LogP contribution in [0.5, 0.6) is 5.75 Å². The van der Waals surface area contributed by atoms with E-state index < -0.39 is 12.3 Å². The van der Waals surface area contributed by atoms with Crippen molar-refractivity contribution in [3.63, 3.8) is 0 Å². The first-order valence-electron chi connectivity index (χ1n) is 8.98. The maximum Gasteiger partial charge on any atom is 0.308 e. The highest BCUT2D eigenvalue weighted by atomic mass is 35.5. The van der Waals surface area contributed by atoms with Gasteiger partial charge in [0.05, 0.1) is 15.4 Å². The molecule has 1 amide bonds. The SMILES string of the molecule is CC(=O)Oc1cc2c(c3ccccc13)[C@H](CCl)CN2C(=O)c1ccc(C(O)O)s1. The second-order valence-electron chi connectivity index (χ2n) is 6.79. The molecule has 8 heteroatoms. The lowest BCUT2D eigenvalue weighted by Gasteiger charge is -2.18. The number of rotatable bonds is 4. The standard InChI is InChI=1S/C21H18ClNO5S/c1-11(24)28-16-8-15-19(14-5-3-2-4-13(14)16)12(9-22)10-23(15)20(25)17-6-7-18(29-17)21(26)27/h2-8,12,21,26-27H,9-10H2,1H3/t12-/m1/s1. The molecule has 1 aliphatic rings. The van der Waals surface area contributed by atoms with E-state index in [0.717, 1.165) is 27.7 Å². The van der Waals surface area contributed by atoms with Crippen molar-refractivity contribution in [1.82, 2.24) is 0 Å². The van der Waals surface area contributed by atoms with E-state index in [9.17, 15) is 19.8 Å².